The van der Waals surface area contributed by atoms with Crippen molar-refractivity contribution in [2.45, 2.75) is 63.8 Å². The highest BCUT2D eigenvalue weighted by atomic mass is 35.5. The van der Waals surface area contributed by atoms with Crippen LogP contribution in [-0.2, 0) is 6.42 Å². The van der Waals surface area contributed by atoms with Crippen LogP contribution in [-0.4, -0.2) is 50.2 Å². The molecule has 1 amide bonds. The van der Waals surface area contributed by atoms with E-state index in [9.17, 15) is 9.90 Å². The number of carbonyl (C=O) groups is 1. The molecule has 4 rings (SSSR count). The highest BCUT2D eigenvalue weighted by molar-refractivity contribution is 6.29. The summed E-state index contributed by atoms with van der Waals surface area (Å²) in [5.74, 6) is -0.0159. The van der Waals surface area contributed by atoms with Crippen LogP contribution in [0.15, 0.2) is 48.7 Å². The molecule has 8 heteroatoms. The molecule has 7 nitrogen and oxygen atoms in total. The van der Waals surface area contributed by atoms with E-state index in [1.807, 2.05) is 50.4 Å². The fourth-order valence-electron chi connectivity index (χ4n) is 4.76. The number of hydrogen-bond acceptors (Lipinski definition) is 5. The Morgan fingerprint density at radius 2 is 2.00 bits per heavy atom. The maximum absolute atomic E-state index is 13.1. The number of aliphatic hydroxyl groups is 1. The number of halogens is 1. The number of rotatable bonds is 8. The fraction of sp³-hybridized carbons (Fsp3) is 0.423. The summed E-state index contributed by atoms with van der Waals surface area (Å²) >= 11 is 5.85. The van der Waals surface area contributed by atoms with Crippen LogP contribution in [0, 0.1) is 6.92 Å². The molecule has 1 aliphatic rings. The van der Waals surface area contributed by atoms with E-state index in [2.05, 4.69) is 27.4 Å². The topological polar surface area (TPSA) is 94.1 Å². The highest BCUT2D eigenvalue weighted by Crippen LogP contribution is 2.27. The van der Waals surface area contributed by atoms with E-state index in [-0.39, 0.29) is 24.0 Å². The Labute approximate surface area is 205 Å². The van der Waals surface area contributed by atoms with Gasteiger partial charge < -0.3 is 15.3 Å². The Kier molecular flexibility index (Phi) is 7.66. The number of aromatic amines is 1. The van der Waals surface area contributed by atoms with E-state index < -0.39 is 6.10 Å². The van der Waals surface area contributed by atoms with Gasteiger partial charge in [0.15, 0.2) is 0 Å². The van der Waals surface area contributed by atoms with Crippen molar-refractivity contribution >= 4 is 17.5 Å². The Balaban J connectivity index is 1.34. The molecule has 0 bridgehead atoms. The van der Waals surface area contributed by atoms with E-state index in [1.54, 1.807) is 17.2 Å². The molecule has 180 valence electrons. The van der Waals surface area contributed by atoms with E-state index in [4.69, 9.17) is 11.6 Å². The molecule has 2 aromatic heterocycles. The third-order valence-corrected chi connectivity index (χ3v) is 6.90. The second-order valence-corrected chi connectivity index (χ2v) is 9.51. The summed E-state index contributed by atoms with van der Waals surface area (Å²) in [5.41, 5.74) is 4.46. The van der Waals surface area contributed by atoms with E-state index in [0.717, 1.165) is 48.2 Å². The van der Waals surface area contributed by atoms with Crippen LogP contribution < -0.4 is 5.32 Å². The van der Waals surface area contributed by atoms with Gasteiger partial charge in [-0.3, -0.25) is 9.89 Å². The molecule has 0 radical (unpaired) electrons. The van der Waals surface area contributed by atoms with Crippen LogP contribution in [0.2, 0.25) is 5.15 Å². The van der Waals surface area contributed by atoms with Gasteiger partial charge >= 0.3 is 0 Å². The summed E-state index contributed by atoms with van der Waals surface area (Å²) < 4.78 is 0. The van der Waals surface area contributed by atoms with Crippen molar-refractivity contribution in [2.75, 3.05) is 7.05 Å². The van der Waals surface area contributed by atoms with Gasteiger partial charge in [0, 0.05) is 42.1 Å². The van der Waals surface area contributed by atoms with E-state index in [0.29, 0.717) is 10.7 Å². The summed E-state index contributed by atoms with van der Waals surface area (Å²) in [4.78, 5) is 18.9. The van der Waals surface area contributed by atoms with Crippen molar-refractivity contribution in [1.29, 1.82) is 0 Å². The van der Waals surface area contributed by atoms with Gasteiger partial charge in [0.05, 0.1) is 17.8 Å². The van der Waals surface area contributed by atoms with Crippen molar-refractivity contribution in [3.63, 3.8) is 0 Å². The molecular weight excluding hydrogens is 450 g/mol. The molecule has 34 heavy (non-hydrogen) atoms. The summed E-state index contributed by atoms with van der Waals surface area (Å²) in [6.07, 6.45) is 4.52. The minimum absolute atomic E-state index is 0.0147. The van der Waals surface area contributed by atoms with Crippen molar-refractivity contribution in [3.8, 4) is 0 Å². The highest BCUT2D eigenvalue weighted by Gasteiger charge is 2.30. The summed E-state index contributed by atoms with van der Waals surface area (Å²) in [6, 6.07) is 13.5. The molecular formula is C26H32ClN5O2. The molecule has 0 aliphatic carbocycles. The molecule has 3 N–H and O–H groups in total. The molecule has 3 heterocycles. The number of aromatic nitrogens is 3. The average Bonchev–Trinajstić information content (AvgIpc) is 3.49. The van der Waals surface area contributed by atoms with Crippen LogP contribution in [0.4, 0.5) is 0 Å². The number of nitrogens with zero attached hydrogens (tertiary/aromatic N) is 3. The molecule has 2 unspecified atom stereocenters. The minimum atomic E-state index is -0.616. The number of pyridine rings is 1. The third-order valence-electron chi connectivity index (χ3n) is 6.67. The molecule has 1 saturated heterocycles. The van der Waals surface area contributed by atoms with Crippen molar-refractivity contribution < 1.29 is 9.90 Å². The van der Waals surface area contributed by atoms with Crippen LogP contribution in [0.3, 0.4) is 0 Å². The first-order valence-electron chi connectivity index (χ1n) is 11.8. The van der Waals surface area contributed by atoms with Gasteiger partial charge in [-0.1, -0.05) is 36.7 Å². The smallest absolute Gasteiger partial charge is 0.254 e. The number of aryl methyl sites for hydroxylation is 1. The lowest BCUT2D eigenvalue weighted by Crippen LogP contribution is -2.35. The Hall–Kier alpha value is -2.74. The Bertz CT molecular complexity index is 1100. The quantitative estimate of drug-likeness (QED) is 0.415. The lowest BCUT2D eigenvalue weighted by atomic mass is 10.0. The van der Waals surface area contributed by atoms with Gasteiger partial charge in [0.25, 0.3) is 5.91 Å². The zero-order chi connectivity index (χ0) is 24.2. The van der Waals surface area contributed by atoms with Crippen molar-refractivity contribution in [3.05, 3.63) is 81.9 Å². The number of H-pyrrole nitrogens is 1. The van der Waals surface area contributed by atoms with Gasteiger partial charge in [-0.25, -0.2) is 4.98 Å². The summed E-state index contributed by atoms with van der Waals surface area (Å²) in [5, 5.41) is 22.0. The van der Waals surface area contributed by atoms with Crippen LogP contribution in [0.1, 0.15) is 71.2 Å². The summed E-state index contributed by atoms with van der Waals surface area (Å²) in [7, 11) is 1.83. The third kappa shape index (κ3) is 5.49. The molecule has 0 spiro atoms. The number of carbonyl (C=O) groups excluding carboxylic acids is 1. The lowest BCUT2D eigenvalue weighted by molar-refractivity contribution is 0.0722. The van der Waals surface area contributed by atoms with Crippen LogP contribution in [0.5, 0.6) is 0 Å². The monoisotopic (exact) mass is 481 g/mol. The second kappa shape index (κ2) is 10.7. The molecule has 0 saturated carbocycles. The Morgan fingerprint density at radius 1 is 1.24 bits per heavy atom. The molecule has 3 aromatic rings. The van der Waals surface area contributed by atoms with Gasteiger partial charge in [0.1, 0.15) is 5.15 Å². The number of benzene rings is 1. The largest absolute Gasteiger partial charge is 0.387 e. The van der Waals surface area contributed by atoms with Gasteiger partial charge in [0.2, 0.25) is 0 Å². The van der Waals surface area contributed by atoms with Gasteiger partial charge in [-0.15, -0.1) is 0 Å². The van der Waals surface area contributed by atoms with Crippen molar-refractivity contribution in [1.82, 2.24) is 25.4 Å². The molecule has 1 aromatic carbocycles. The molecule has 4 atom stereocenters. The minimum Gasteiger partial charge on any atom is -0.387 e. The maximum atomic E-state index is 13.1. The predicted octanol–water partition coefficient (Wildman–Crippen LogP) is 4.39. The maximum Gasteiger partial charge on any atom is 0.254 e. The standard InChI is InChI=1S/C26H32ClN5O2/c1-4-23(22-13-16(2)30-31-22)32(3)26(34)18-7-5-17(6-8-18)14-20-10-11-21(29-20)25(33)19-9-12-24(27)28-15-19/h5-9,12-13,15,20-21,23,25,29,33H,4,10-11,14H2,1-3H3,(H,30,31)/t20-,21+,23?,25?/m0/s1. The number of aliphatic hydroxyl groups excluding tert-OH is 1. The van der Waals surface area contributed by atoms with E-state index in [1.165, 1.54) is 0 Å². The van der Waals surface area contributed by atoms with E-state index >= 15 is 0 Å². The SMILES string of the molecule is CCC(c1cc(C)[nH]n1)N(C)C(=O)c1ccc(C[C@@H]2CC[C@H](C(O)c3ccc(Cl)nc3)N2)cc1. The van der Waals surface area contributed by atoms with Crippen molar-refractivity contribution in [2.24, 2.45) is 0 Å². The first-order chi connectivity index (χ1) is 16.4. The zero-order valence-corrected chi connectivity index (χ0v) is 20.6. The second-order valence-electron chi connectivity index (χ2n) is 9.12. The molecule has 1 fully saturated rings. The van der Waals surface area contributed by atoms with Crippen LogP contribution >= 0.6 is 11.6 Å². The Morgan fingerprint density at radius 3 is 2.62 bits per heavy atom. The number of nitrogens with one attached hydrogen (secondary N) is 2. The van der Waals surface area contributed by atoms with Gasteiger partial charge in [-0.2, -0.15) is 5.10 Å². The van der Waals surface area contributed by atoms with Gasteiger partial charge in [-0.05, 0) is 62.4 Å². The fourth-order valence-corrected chi connectivity index (χ4v) is 4.87. The normalized spacial score (nSPS) is 19.7. The summed E-state index contributed by atoms with van der Waals surface area (Å²) in [6.45, 7) is 4.02. The lowest BCUT2D eigenvalue weighted by Gasteiger charge is -2.26. The predicted molar refractivity (Wildman–Crippen MR) is 133 cm³/mol. The number of amides is 1. The first kappa shape index (κ1) is 24.4. The average molecular weight is 482 g/mol. The number of hydrogen-bond donors (Lipinski definition) is 3. The van der Waals surface area contributed by atoms with Crippen LogP contribution in [0.25, 0.3) is 0 Å². The zero-order valence-electron chi connectivity index (χ0n) is 19.8. The molecule has 1 aliphatic heterocycles. The first-order valence-corrected chi connectivity index (χ1v) is 12.2.